The number of amides is 1. The number of nitrogens with zero attached hydrogens (tertiary/aromatic N) is 2. The summed E-state index contributed by atoms with van der Waals surface area (Å²) < 4.78 is 0.659. The van der Waals surface area contributed by atoms with E-state index >= 15 is 0 Å². The number of carbonyl (C=O) groups excluding carboxylic acids is 1. The summed E-state index contributed by atoms with van der Waals surface area (Å²) in [5.74, 6) is 0.0433. The molecule has 3 nitrogen and oxygen atoms in total. The highest BCUT2D eigenvalue weighted by Gasteiger charge is 2.37. The molecule has 1 heterocycles. The molecule has 1 fully saturated rings. The molecule has 0 spiro atoms. The maximum absolute atomic E-state index is 13.0. The number of thioether (sulfide) groups is 1. The highest BCUT2D eigenvalue weighted by molar-refractivity contribution is 8.26. The second kappa shape index (κ2) is 8.40. The largest absolute Gasteiger partial charge is 0.314 e. The molecule has 0 radical (unpaired) electrons. The summed E-state index contributed by atoms with van der Waals surface area (Å²) in [4.78, 5) is 17.8. The number of rotatable bonds is 4. The van der Waals surface area contributed by atoms with E-state index in [1.807, 2.05) is 19.1 Å². The molecule has 0 atom stereocenters. The Morgan fingerprint density at radius 1 is 1.00 bits per heavy atom. The summed E-state index contributed by atoms with van der Waals surface area (Å²) in [5.41, 5.74) is 4.56. The van der Waals surface area contributed by atoms with Gasteiger partial charge in [0, 0.05) is 23.6 Å². The quantitative estimate of drug-likeness (QED) is 0.396. The molecule has 0 saturated carbocycles. The van der Waals surface area contributed by atoms with E-state index in [0.717, 1.165) is 34.7 Å². The molecule has 4 rings (SSSR count). The second-order valence-corrected chi connectivity index (χ2v) is 10.1. The molecule has 2 aliphatic rings. The lowest BCUT2D eigenvalue weighted by Crippen LogP contribution is -2.29. The Labute approximate surface area is 188 Å². The van der Waals surface area contributed by atoms with Crippen LogP contribution in [-0.4, -0.2) is 21.7 Å². The molecule has 1 saturated heterocycles. The van der Waals surface area contributed by atoms with E-state index in [0.29, 0.717) is 10.9 Å². The first-order valence-corrected chi connectivity index (χ1v) is 11.5. The van der Waals surface area contributed by atoms with Gasteiger partial charge < -0.3 is 4.90 Å². The van der Waals surface area contributed by atoms with Gasteiger partial charge in [0.2, 0.25) is 0 Å². The van der Waals surface area contributed by atoms with Crippen molar-refractivity contribution in [3.63, 3.8) is 0 Å². The molecule has 0 unspecified atom stereocenters. The van der Waals surface area contributed by atoms with Crippen molar-refractivity contribution in [2.45, 2.75) is 33.6 Å². The first-order chi connectivity index (χ1) is 14.4. The molecule has 0 bridgehead atoms. The van der Waals surface area contributed by atoms with Crippen molar-refractivity contribution in [2.24, 2.45) is 5.41 Å². The van der Waals surface area contributed by atoms with Crippen LogP contribution in [0.2, 0.25) is 0 Å². The topological polar surface area (TPSA) is 23.6 Å². The zero-order chi connectivity index (χ0) is 21.3. The smallest absolute Gasteiger partial charge is 0.266 e. The van der Waals surface area contributed by atoms with Crippen molar-refractivity contribution in [2.75, 3.05) is 11.4 Å². The summed E-state index contributed by atoms with van der Waals surface area (Å²) >= 11 is 6.90. The molecule has 2 aromatic rings. The monoisotopic (exact) mass is 434 g/mol. The predicted octanol–water partition coefficient (Wildman–Crippen LogP) is 6.66. The summed E-state index contributed by atoms with van der Waals surface area (Å²) in [7, 11) is 0. The number of benzene rings is 2. The molecule has 0 aromatic heterocycles. The summed E-state index contributed by atoms with van der Waals surface area (Å²) in [6, 6.07) is 20.8. The Bertz CT molecular complexity index is 986. The third kappa shape index (κ3) is 4.09. The number of likely N-dealkylation sites (N-methyl/N-ethyl adjacent to an activating group) is 1. The first-order valence-electron chi connectivity index (χ1n) is 10.3. The standard InChI is InChI=1S/C25H26N2OS2/c1-4-26-23(28)22(30-24(26)29)18-15-21(17-25(2,3)16-18)27(19-11-7-5-8-12-19)20-13-9-6-10-14-20/h5-15H,4,16-17H2,1-3H3/b22-18+. The van der Waals surface area contributed by atoms with Gasteiger partial charge >= 0.3 is 0 Å². The van der Waals surface area contributed by atoms with Crippen LogP contribution in [0.3, 0.4) is 0 Å². The Morgan fingerprint density at radius 3 is 2.07 bits per heavy atom. The van der Waals surface area contributed by atoms with Crippen molar-refractivity contribution in [3.8, 4) is 0 Å². The highest BCUT2D eigenvalue weighted by Crippen LogP contribution is 2.46. The average molecular weight is 435 g/mol. The molecule has 0 N–H and O–H groups in total. The number of allylic oxidation sites excluding steroid dienone is 3. The lowest BCUT2D eigenvalue weighted by atomic mass is 9.76. The van der Waals surface area contributed by atoms with Crippen molar-refractivity contribution < 1.29 is 4.79 Å². The van der Waals surface area contributed by atoms with Gasteiger partial charge in [-0.1, -0.05) is 74.2 Å². The van der Waals surface area contributed by atoms with Crippen LogP contribution in [0.1, 0.15) is 33.6 Å². The minimum Gasteiger partial charge on any atom is -0.314 e. The van der Waals surface area contributed by atoms with E-state index in [4.69, 9.17) is 12.2 Å². The van der Waals surface area contributed by atoms with E-state index in [9.17, 15) is 4.79 Å². The molecular weight excluding hydrogens is 408 g/mol. The first kappa shape index (κ1) is 20.9. The number of anilines is 2. The minimum atomic E-state index is 0.0380. The third-order valence-electron chi connectivity index (χ3n) is 5.44. The molecule has 1 aliphatic carbocycles. The van der Waals surface area contributed by atoms with Crippen LogP contribution in [0.4, 0.5) is 11.4 Å². The van der Waals surface area contributed by atoms with Gasteiger partial charge in [-0.25, -0.2) is 0 Å². The maximum Gasteiger partial charge on any atom is 0.266 e. The molecule has 30 heavy (non-hydrogen) atoms. The van der Waals surface area contributed by atoms with E-state index in [1.54, 1.807) is 4.90 Å². The van der Waals surface area contributed by atoms with Gasteiger partial charge in [-0.2, -0.15) is 0 Å². The Morgan fingerprint density at radius 2 is 1.57 bits per heavy atom. The van der Waals surface area contributed by atoms with Gasteiger partial charge in [0.1, 0.15) is 4.32 Å². The number of hydrogen-bond donors (Lipinski definition) is 0. The second-order valence-electron chi connectivity index (χ2n) is 8.43. The fourth-order valence-electron chi connectivity index (χ4n) is 4.16. The summed E-state index contributed by atoms with van der Waals surface area (Å²) in [6.45, 7) is 7.13. The highest BCUT2D eigenvalue weighted by atomic mass is 32.2. The molecule has 2 aromatic carbocycles. The number of para-hydroxylation sites is 2. The van der Waals surface area contributed by atoms with Crippen molar-refractivity contribution in [1.82, 2.24) is 4.90 Å². The molecule has 5 heteroatoms. The molecule has 1 amide bonds. The SMILES string of the molecule is CCN1C(=O)/C(=C2/C=C(N(c3ccccc3)c3ccccc3)CC(C)(C)C2)SC1=S. The number of hydrogen-bond acceptors (Lipinski definition) is 4. The van der Waals surface area contributed by atoms with Crippen molar-refractivity contribution in [1.29, 1.82) is 0 Å². The van der Waals surface area contributed by atoms with E-state index in [2.05, 4.69) is 73.4 Å². The van der Waals surface area contributed by atoms with Crippen molar-refractivity contribution in [3.05, 3.63) is 82.9 Å². The van der Waals surface area contributed by atoms with Crippen LogP contribution < -0.4 is 4.90 Å². The van der Waals surface area contributed by atoms with Gasteiger partial charge in [0.05, 0.1) is 4.91 Å². The van der Waals surface area contributed by atoms with E-state index in [1.165, 1.54) is 17.5 Å². The van der Waals surface area contributed by atoms with Crippen molar-refractivity contribution >= 4 is 45.6 Å². The number of thiocarbonyl (C=S) groups is 1. The Balaban J connectivity index is 1.85. The zero-order valence-electron chi connectivity index (χ0n) is 17.6. The predicted molar refractivity (Wildman–Crippen MR) is 131 cm³/mol. The van der Waals surface area contributed by atoms with Gasteiger partial charge in [-0.15, -0.1) is 0 Å². The van der Waals surface area contributed by atoms with Crippen LogP contribution in [0.25, 0.3) is 0 Å². The van der Waals surface area contributed by atoms with Gasteiger partial charge in [-0.3, -0.25) is 9.69 Å². The number of carbonyl (C=O) groups is 1. The van der Waals surface area contributed by atoms with Gasteiger partial charge in [0.25, 0.3) is 5.91 Å². The summed E-state index contributed by atoms with van der Waals surface area (Å²) in [5, 5.41) is 0. The Hall–Kier alpha value is -2.37. The third-order valence-corrected chi connectivity index (χ3v) is 6.95. The molecule has 1 aliphatic heterocycles. The minimum absolute atomic E-state index is 0.0380. The Kier molecular flexibility index (Phi) is 5.85. The fraction of sp³-hybridized carbons (Fsp3) is 0.280. The van der Waals surface area contributed by atoms with E-state index < -0.39 is 0 Å². The van der Waals surface area contributed by atoms with Crippen LogP contribution in [0, 0.1) is 5.41 Å². The van der Waals surface area contributed by atoms with E-state index in [-0.39, 0.29) is 11.3 Å². The summed E-state index contributed by atoms with van der Waals surface area (Å²) in [6.07, 6.45) is 4.00. The molecular formula is C25H26N2OS2. The van der Waals surface area contributed by atoms with Crippen LogP contribution in [0.5, 0.6) is 0 Å². The van der Waals surface area contributed by atoms with Crippen LogP contribution >= 0.6 is 24.0 Å². The molecule has 154 valence electrons. The van der Waals surface area contributed by atoms with Crippen LogP contribution in [-0.2, 0) is 4.79 Å². The van der Waals surface area contributed by atoms with Crippen LogP contribution in [0.15, 0.2) is 82.9 Å². The lowest BCUT2D eigenvalue weighted by Gasteiger charge is -2.37. The average Bonchev–Trinajstić information content (AvgIpc) is 3.02. The van der Waals surface area contributed by atoms with Gasteiger partial charge in [-0.05, 0) is 61.1 Å². The fourth-order valence-corrected chi connectivity index (χ4v) is 5.58. The van der Waals surface area contributed by atoms with Gasteiger partial charge in [0.15, 0.2) is 0 Å². The zero-order valence-corrected chi connectivity index (χ0v) is 19.2. The normalized spacial score (nSPS) is 21.0. The maximum atomic E-state index is 13.0. The lowest BCUT2D eigenvalue weighted by molar-refractivity contribution is -0.122.